The second-order valence-corrected chi connectivity index (χ2v) is 7.17. The summed E-state index contributed by atoms with van der Waals surface area (Å²) in [6.45, 7) is 2.26. The Bertz CT molecular complexity index is 779. The maximum atomic E-state index is 12.8. The molecule has 0 aliphatic carbocycles. The molecule has 0 spiro atoms. The lowest BCUT2D eigenvalue weighted by molar-refractivity contribution is -0.131. The lowest BCUT2D eigenvalue weighted by atomic mass is 10.1. The number of benzene rings is 1. The van der Waals surface area contributed by atoms with Crippen LogP contribution in [0.2, 0.25) is 0 Å². The average molecular weight is 391 g/mol. The molecular formula is C19H22FN3O3S. The minimum Gasteiger partial charge on any atom is -0.492 e. The van der Waals surface area contributed by atoms with Crippen molar-refractivity contribution in [3.8, 4) is 5.75 Å². The lowest BCUT2D eigenvalue weighted by Crippen LogP contribution is -2.41. The predicted octanol–water partition coefficient (Wildman–Crippen LogP) is 2.54. The van der Waals surface area contributed by atoms with Gasteiger partial charge in [0.05, 0.1) is 6.54 Å². The predicted molar refractivity (Wildman–Crippen MR) is 101 cm³/mol. The Morgan fingerprint density at radius 3 is 2.74 bits per heavy atom. The molecule has 144 valence electrons. The number of carbonyl (C=O) groups is 2. The maximum absolute atomic E-state index is 12.8. The Morgan fingerprint density at radius 1 is 1.15 bits per heavy atom. The van der Waals surface area contributed by atoms with Gasteiger partial charge in [-0.25, -0.2) is 9.18 Å². The summed E-state index contributed by atoms with van der Waals surface area (Å²) in [7, 11) is 0. The van der Waals surface area contributed by atoms with E-state index in [1.165, 1.54) is 34.7 Å². The van der Waals surface area contributed by atoms with Crippen molar-refractivity contribution in [2.75, 3.05) is 26.2 Å². The first kappa shape index (κ1) is 19.2. The van der Waals surface area contributed by atoms with E-state index in [2.05, 4.69) is 22.1 Å². The summed E-state index contributed by atoms with van der Waals surface area (Å²) < 4.78 is 18.2. The number of ether oxygens (including phenoxy) is 1. The number of nitrogens with zero attached hydrogens (tertiary/aromatic N) is 1. The van der Waals surface area contributed by atoms with Crippen LogP contribution in [0.3, 0.4) is 0 Å². The molecular weight excluding hydrogens is 369 g/mol. The van der Waals surface area contributed by atoms with E-state index in [-0.39, 0.29) is 37.3 Å². The molecule has 8 heteroatoms. The molecule has 1 aromatic heterocycles. The van der Waals surface area contributed by atoms with Gasteiger partial charge in [0.25, 0.3) is 0 Å². The number of urea groups is 1. The Hall–Kier alpha value is -2.61. The average Bonchev–Trinajstić information content (AvgIpc) is 3.14. The molecule has 0 saturated carbocycles. The summed E-state index contributed by atoms with van der Waals surface area (Å²) in [6, 6.07) is 7.41. The van der Waals surface area contributed by atoms with Crippen molar-refractivity contribution in [1.29, 1.82) is 0 Å². The van der Waals surface area contributed by atoms with Crippen LogP contribution in [0.1, 0.15) is 16.9 Å². The quantitative estimate of drug-likeness (QED) is 0.713. The van der Waals surface area contributed by atoms with Crippen molar-refractivity contribution >= 4 is 23.3 Å². The van der Waals surface area contributed by atoms with E-state index in [1.807, 2.05) is 4.90 Å². The van der Waals surface area contributed by atoms with E-state index in [9.17, 15) is 14.0 Å². The van der Waals surface area contributed by atoms with Gasteiger partial charge >= 0.3 is 6.03 Å². The monoisotopic (exact) mass is 391 g/mol. The van der Waals surface area contributed by atoms with Crippen LogP contribution in [-0.2, 0) is 17.8 Å². The fourth-order valence-corrected chi connectivity index (χ4v) is 3.72. The standard InChI is InChI=1S/C19H22FN3O3S/c20-15-1-3-16(4-2-15)26-11-9-22-19(25)21-8-5-18(24)23-10-6-17-14(13-23)7-12-27-17/h1-4,7,12H,5-6,8-11,13H2,(H2,21,22,25). The zero-order valence-corrected chi connectivity index (χ0v) is 15.7. The molecule has 1 aromatic carbocycles. The van der Waals surface area contributed by atoms with Crippen molar-refractivity contribution < 1.29 is 18.7 Å². The molecule has 1 aliphatic heterocycles. The Balaban J connectivity index is 1.27. The molecule has 0 radical (unpaired) electrons. The first-order valence-electron chi connectivity index (χ1n) is 8.85. The highest BCUT2D eigenvalue weighted by molar-refractivity contribution is 7.10. The highest BCUT2D eigenvalue weighted by atomic mass is 32.1. The number of carbonyl (C=O) groups excluding carboxylic acids is 2. The molecule has 0 atom stereocenters. The number of rotatable bonds is 7. The van der Waals surface area contributed by atoms with E-state index < -0.39 is 0 Å². The zero-order chi connectivity index (χ0) is 19.1. The summed E-state index contributed by atoms with van der Waals surface area (Å²) in [5.74, 6) is 0.265. The second-order valence-electron chi connectivity index (χ2n) is 6.17. The van der Waals surface area contributed by atoms with Gasteiger partial charge in [-0.3, -0.25) is 4.79 Å². The molecule has 2 heterocycles. The highest BCUT2D eigenvalue weighted by Crippen LogP contribution is 2.24. The Kier molecular flexibility index (Phi) is 6.64. The van der Waals surface area contributed by atoms with E-state index in [0.29, 0.717) is 18.8 Å². The molecule has 1 aliphatic rings. The fourth-order valence-electron chi connectivity index (χ4n) is 2.83. The number of fused-ring (bicyclic) bond motifs is 1. The van der Waals surface area contributed by atoms with Gasteiger partial charge in [-0.05, 0) is 47.7 Å². The van der Waals surface area contributed by atoms with Gasteiger partial charge in [0.15, 0.2) is 0 Å². The molecule has 3 rings (SSSR count). The van der Waals surface area contributed by atoms with Crippen LogP contribution in [0.15, 0.2) is 35.7 Å². The maximum Gasteiger partial charge on any atom is 0.314 e. The molecule has 2 N–H and O–H groups in total. The SMILES string of the molecule is O=C(NCCOc1ccc(F)cc1)NCCC(=O)N1CCc2sccc2C1. The first-order chi connectivity index (χ1) is 13.1. The van der Waals surface area contributed by atoms with Crippen LogP contribution < -0.4 is 15.4 Å². The van der Waals surface area contributed by atoms with Gasteiger partial charge in [0.2, 0.25) is 5.91 Å². The molecule has 3 amide bonds. The summed E-state index contributed by atoms with van der Waals surface area (Å²) in [6.07, 6.45) is 1.18. The summed E-state index contributed by atoms with van der Waals surface area (Å²) in [4.78, 5) is 27.2. The molecule has 0 unspecified atom stereocenters. The van der Waals surface area contributed by atoms with E-state index in [0.717, 1.165) is 13.0 Å². The van der Waals surface area contributed by atoms with Crippen molar-refractivity contribution in [2.24, 2.45) is 0 Å². The van der Waals surface area contributed by atoms with Crippen molar-refractivity contribution in [2.45, 2.75) is 19.4 Å². The minimum atomic E-state index is -0.343. The number of thiophene rings is 1. The number of nitrogens with one attached hydrogen (secondary N) is 2. The third kappa shape index (κ3) is 5.68. The van der Waals surface area contributed by atoms with Gasteiger partial charge in [-0.1, -0.05) is 0 Å². The van der Waals surface area contributed by atoms with Gasteiger partial charge in [0, 0.05) is 30.9 Å². The van der Waals surface area contributed by atoms with Crippen LogP contribution in [0.4, 0.5) is 9.18 Å². The van der Waals surface area contributed by atoms with Crippen molar-refractivity contribution in [1.82, 2.24) is 15.5 Å². The van der Waals surface area contributed by atoms with Gasteiger partial charge < -0.3 is 20.3 Å². The van der Waals surface area contributed by atoms with E-state index in [4.69, 9.17) is 4.74 Å². The van der Waals surface area contributed by atoms with Crippen LogP contribution >= 0.6 is 11.3 Å². The lowest BCUT2D eigenvalue weighted by Gasteiger charge is -2.27. The Labute approximate surface area is 161 Å². The molecule has 0 saturated heterocycles. The molecule has 6 nitrogen and oxygen atoms in total. The number of hydrogen-bond acceptors (Lipinski definition) is 4. The molecule has 0 bridgehead atoms. The largest absolute Gasteiger partial charge is 0.492 e. The third-order valence-electron chi connectivity index (χ3n) is 4.25. The van der Waals surface area contributed by atoms with Crippen LogP contribution in [0.5, 0.6) is 5.75 Å². The Morgan fingerprint density at radius 2 is 1.93 bits per heavy atom. The van der Waals surface area contributed by atoms with Gasteiger partial charge in [0.1, 0.15) is 18.2 Å². The molecule has 27 heavy (non-hydrogen) atoms. The number of hydrogen-bond donors (Lipinski definition) is 2. The number of halogens is 1. The summed E-state index contributed by atoms with van der Waals surface area (Å²) in [5, 5.41) is 7.39. The minimum absolute atomic E-state index is 0.0480. The van der Waals surface area contributed by atoms with Crippen LogP contribution in [0, 0.1) is 5.82 Å². The normalized spacial score (nSPS) is 13.0. The van der Waals surface area contributed by atoms with Crippen LogP contribution in [-0.4, -0.2) is 43.1 Å². The summed E-state index contributed by atoms with van der Waals surface area (Å²) >= 11 is 1.74. The van der Waals surface area contributed by atoms with Crippen molar-refractivity contribution in [3.05, 3.63) is 52.0 Å². The zero-order valence-electron chi connectivity index (χ0n) is 14.9. The second kappa shape index (κ2) is 9.36. The fraction of sp³-hybridized carbons (Fsp3) is 0.368. The van der Waals surface area contributed by atoms with Crippen molar-refractivity contribution in [3.63, 3.8) is 0 Å². The van der Waals surface area contributed by atoms with Gasteiger partial charge in [-0.15, -0.1) is 11.3 Å². The van der Waals surface area contributed by atoms with E-state index in [1.54, 1.807) is 11.3 Å². The highest BCUT2D eigenvalue weighted by Gasteiger charge is 2.21. The third-order valence-corrected chi connectivity index (χ3v) is 5.28. The topological polar surface area (TPSA) is 70.7 Å². The summed E-state index contributed by atoms with van der Waals surface area (Å²) in [5.41, 5.74) is 1.23. The van der Waals surface area contributed by atoms with E-state index >= 15 is 0 Å². The smallest absolute Gasteiger partial charge is 0.314 e. The van der Waals surface area contributed by atoms with Crippen LogP contribution in [0.25, 0.3) is 0 Å². The first-order valence-corrected chi connectivity index (χ1v) is 9.73. The molecule has 2 aromatic rings. The molecule has 0 fully saturated rings. The number of amides is 3. The van der Waals surface area contributed by atoms with Gasteiger partial charge in [-0.2, -0.15) is 0 Å².